The lowest BCUT2D eigenvalue weighted by Crippen LogP contribution is -2.36. The van der Waals surface area contributed by atoms with Crippen molar-refractivity contribution in [1.29, 1.82) is 0 Å². The van der Waals surface area contributed by atoms with Crippen molar-refractivity contribution in [2.45, 2.75) is 52.2 Å². The van der Waals surface area contributed by atoms with E-state index in [1.807, 2.05) is 20.8 Å². The van der Waals surface area contributed by atoms with Gasteiger partial charge in [-0.2, -0.15) is 0 Å². The Kier molecular flexibility index (Phi) is 6.88. The number of nitrogens with zero attached hydrogens (tertiary/aromatic N) is 2. The smallest absolute Gasteiger partial charge is 0.216 e. The Morgan fingerprint density at radius 3 is 2.62 bits per heavy atom. The molecular formula is C18H25F2N3O2S. The number of hydrogen-bond donors (Lipinski definition) is 2. The first-order valence-electron chi connectivity index (χ1n) is 8.58. The highest BCUT2D eigenvalue weighted by molar-refractivity contribution is 7.71. The van der Waals surface area contributed by atoms with Gasteiger partial charge in [0.1, 0.15) is 12.1 Å². The third-order valence-electron chi connectivity index (χ3n) is 4.21. The zero-order valence-corrected chi connectivity index (χ0v) is 16.0. The molecule has 2 unspecified atom stereocenters. The van der Waals surface area contributed by atoms with Crippen molar-refractivity contribution in [3.63, 3.8) is 0 Å². The molecule has 0 bridgehead atoms. The van der Waals surface area contributed by atoms with E-state index in [9.17, 15) is 13.9 Å². The van der Waals surface area contributed by atoms with Gasteiger partial charge < -0.3 is 9.84 Å². The monoisotopic (exact) mass is 385 g/mol. The Morgan fingerprint density at radius 1 is 1.31 bits per heavy atom. The maximum atomic E-state index is 13.5. The van der Waals surface area contributed by atoms with Gasteiger partial charge in [0.15, 0.2) is 11.6 Å². The number of benzene rings is 1. The minimum Gasteiger partial charge on any atom is -0.491 e. The third-order valence-corrected chi connectivity index (χ3v) is 4.51. The predicted molar refractivity (Wildman–Crippen MR) is 97.6 cm³/mol. The number of rotatable bonds is 8. The largest absolute Gasteiger partial charge is 0.491 e. The molecule has 0 aliphatic heterocycles. The van der Waals surface area contributed by atoms with Gasteiger partial charge in [0, 0.05) is 6.07 Å². The molecule has 0 aliphatic carbocycles. The van der Waals surface area contributed by atoms with Crippen molar-refractivity contribution >= 4 is 12.2 Å². The number of aliphatic hydroxyl groups is 1. The van der Waals surface area contributed by atoms with Crippen LogP contribution in [0.5, 0.6) is 5.75 Å². The van der Waals surface area contributed by atoms with Crippen molar-refractivity contribution in [1.82, 2.24) is 14.8 Å². The number of nitrogens with one attached hydrogen (secondary N) is 1. The van der Waals surface area contributed by atoms with Crippen molar-refractivity contribution in [2.24, 2.45) is 5.41 Å². The van der Waals surface area contributed by atoms with E-state index in [2.05, 4.69) is 10.1 Å². The zero-order valence-electron chi connectivity index (χ0n) is 15.2. The van der Waals surface area contributed by atoms with Gasteiger partial charge in [-0.15, -0.1) is 0 Å². The maximum absolute atomic E-state index is 13.5. The van der Waals surface area contributed by atoms with Crippen molar-refractivity contribution < 1.29 is 18.6 Å². The van der Waals surface area contributed by atoms with E-state index in [0.29, 0.717) is 24.2 Å². The molecule has 1 aromatic carbocycles. The Hall–Kier alpha value is -1.80. The van der Waals surface area contributed by atoms with E-state index in [1.54, 1.807) is 4.68 Å². The molecule has 8 heteroatoms. The van der Waals surface area contributed by atoms with Crippen molar-refractivity contribution in [3.8, 4) is 5.75 Å². The molecule has 0 aliphatic rings. The van der Waals surface area contributed by atoms with Crippen LogP contribution in [0.2, 0.25) is 0 Å². The minimum atomic E-state index is -0.713. The minimum absolute atomic E-state index is 0.0356. The van der Waals surface area contributed by atoms with Crippen LogP contribution in [-0.2, 0) is 0 Å². The highest BCUT2D eigenvalue weighted by Gasteiger charge is 2.32. The van der Waals surface area contributed by atoms with Crippen LogP contribution in [0, 0.1) is 21.8 Å². The standard InChI is InChI=1S/C18H25F2N3O2S/c1-18(2,3)16(24)14(23-17(26)21-11-22-23)6-4-5-9-25-15-8-7-12(19)10-13(15)20/h7-8,10-11,14,16,24H,4-6,9H2,1-3H3,(H,21,22,26). The topological polar surface area (TPSA) is 63.1 Å². The van der Waals surface area contributed by atoms with E-state index in [4.69, 9.17) is 17.0 Å². The number of unbranched alkanes of at least 4 members (excludes halogenated alkanes) is 1. The molecule has 0 fully saturated rings. The Bertz CT molecular complexity index is 770. The second-order valence-corrected chi connectivity index (χ2v) is 7.70. The summed E-state index contributed by atoms with van der Waals surface area (Å²) in [6, 6.07) is 2.99. The van der Waals surface area contributed by atoms with Crippen LogP contribution >= 0.6 is 12.2 Å². The Morgan fingerprint density at radius 2 is 2.04 bits per heavy atom. The first-order chi connectivity index (χ1) is 12.2. The molecule has 1 aromatic heterocycles. The summed E-state index contributed by atoms with van der Waals surface area (Å²) in [6.45, 7) is 6.19. The van der Waals surface area contributed by atoms with Gasteiger partial charge in [-0.3, -0.25) is 9.78 Å². The summed E-state index contributed by atoms with van der Waals surface area (Å²) < 4.78 is 33.9. The molecule has 5 nitrogen and oxygen atoms in total. The summed E-state index contributed by atoms with van der Waals surface area (Å²) in [6.07, 6.45) is 2.94. The Balaban J connectivity index is 1.91. The van der Waals surface area contributed by atoms with Crippen molar-refractivity contribution in [3.05, 3.63) is 40.9 Å². The quantitative estimate of drug-likeness (QED) is 0.522. The summed E-state index contributed by atoms with van der Waals surface area (Å²) in [5.41, 5.74) is -0.321. The van der Waals surface area contributed by atoms with Crippen LogP contribution in [0.15, 0.2) is 24.5 Å². The molecule has 144 valence electrons. The van der Waals surface area contributed by atoms with Crippen LogP contribution in [0.3, 0.4) is 0 Å². The average molecular weight is 385 g/mol. The van der Waals surface area contributed by atoms with Gasteiger partial charge in [0.2, 0.25) is 4.77 Å². The molecule has 1 heterocycles. The summed E-state index contributed by atoms with van der Waals surface area (Å²) in [4.78, 5) is 4.02. The summed E-state index contributed by atoms with van der Waals surface area (Å²) in [7, 11) is 0. The lowest BCUT2D eigenvalue weighted by molar-refractivity contribution is 0.00773. The number of hydrogen-bond acceptors (Lipinski definition) is 4. The molecule has 2 aromatic rings. The number of aromatic amines is 1. The van der Waals surface area contributed by atoms with Crippen LogP contribution in [0.4, 0.5) is 8.78 Å². The highest BCUT2D eigenvalue weighted by Crippen LogP contribution is 2.31. The fourth-order valence-electron chi connectivity index (χ4n) is 2.74. The van der Waals surface area contributed by atoms with Crippen molar-refractivity contribution in [2.75, 3.05) is 6.61 Å². The van der Waals surface area contributed by atoms with Gasteiger partial charge in [-0.1, -0.05) is 20.8 Å². The molecule has 0 spiro atoms. The molecule has 2 atom stereocenters. The van der Waals surface area contributed by atoms with Crippen LogP contribution < -0.4 is 4.74 Å². The molecular weight excluding hydrogens is 360 g/mol. The third kappa shape index (κ3) is 5.35. The summed E-state index contributed by atoms with van der Waals surface area (Å²) >= 11 is 5.21. The molecule has 0 radical (unpaired) electrons. The molecule has 26 heavy (non-hydrogen) atoms. The normalized spacial score (nSPS) is 14.2. The number of aliphatic hydroxyl groups excluding tert-OH is 1. The Labute approximate surface area is 157 Å². The fourth-order valence-corrected chi connectivity index (χ4v) is 2.98. The number of aromatic nitrogens is 3. The van der Waals surface area contributed by atoms with Gasteiger partial charge in [-0.05, 0) is 49.0 Å². The molecule has 2 N–H and O–H groups in total. The lowest BCUT2D eigenvalue weighted by atomic mass is 9.83. The lowest BCUT2D eigenvalue weighted by Gasteiger charge is -2.33. The number of halogens is 2. The zero-order chi connectivity index (χ0) is 19.3. The highest BCUT2D eigenvalue weighted by atomic mass is 32.1. The van der Waals surface area contributed by atoms with Gasteiger partial charge in [-0.25, -0.2) is 13.8 Å². The number of ether oxygens (including phenoxy) is 1. The first-order valence-corrected chi connectivity index (χ1v) is 8.99. The maximum Gasteiger partial charge on any atom is 0.216 e. The van der Waals surface area contributed by atoms with Crippen LogP contribution in [0.1, 0.15) is 46.1 Å². The van der Waals surface area contributed by atoms with E-state index >= 15 is 0 Å². The summed E-state index contributed by atoms with van der Waals surface area (Å²) in [5.74, 6) is -1.31. The predicted octanol–water partition coefficient (Wildman–Crippen LogP) is 4.42. The van der Waals surface area contributed by atoms with E-state index < -0.39 is 17.7 Å². The molecule has 2 rings (SSSR count). The fraction of sp³-hybridized carbons (Fsp3) is 0.556. The molecule has 0 amide bonds. The van der Waals surface area contributed by atoms with E-state index in [-0.39, 0.29) is 17.2 Å². The van der Waals surface area contributed by atoms with E-state index in [0.717, 1.165) is 18.6 Å². The first kappa shape index (κ1) is 20.5. The van der Waals surface area contributed by atoms with Gasteiger partial charge >= 0.3 is 0 Å². The van der Waals surface area contributed by atoms with Gasteiger partial charge in [0.05, 0.1) is 18.8 Å². The molecule has 0 saturated heterocycles. The van der Waals surface area contributed by atoms with E-state index in [1.165, 1.54) is 12.4 Å². The van der Waals surface area contributed by atoms with Crippen LogP contribution in [0.25, 0.3) is 0 Å². The second-order valence-electron chi connectivity index (χ2n) is 7.34. The van der Waals surface area contributed by atoms with Gasteiger partial charge in [0.25, 0.3) is 0 Å². The SMILES string of the molecule is CC(C)(C)C(O)C(CCCCOc1ccc(F)cc1F)n1[nH]cnc1=S. The summed E-state index contributed by atoms with van der Waals surface area (Å²) in [5, 5.41) is 13.7. The average Bonchev–Trinajstić information content (AvgIpc) is 2.97. The number of H-pyrrole nitrogens is 1. The van der Waals surface area contributed by atoms with Crippen LogP contribution in [-0.4, -0.2) is 32.6 Å². The molecule has 0 saturated carbocycles. The second kappa shape index (κ2) is 8.73.